The van der Waals surface area contributed by atoms with Gasteiger partial charge in [0.15, 0.2) is 0 Å². The molecule has 3 N–H and O–H groups in total. The van der Waals surface area contributed by atoms with E-state index >= 15 is 0 Å². The lowest BCUT2D eigenvalue weighted by Gasteiger charge is -2.36. The molecule has 0 saturated carbocycles. The maximum atomic E-state index is 13.7. The van der Waals surface area contributed by atoms with E-state index in [0.717, 1.165) is 55.2 Å². The zero-order valence-electron chi connectivity index (χ0n) is 22.5. The zero-order chi connectivity index (χ0) is 27.6. The van der Waals surface area contributed by atoms with E-state index in [2.05, 4.69) is 38.9 Å². The fourth-order valence-corrected chi connectivity index (χ4v) is 7.28. The molecule has 2 saturated heterocycles. The van der Waals surface area contributed by atoms with Gasteiger partial charge < -0.3 is 20.3 Å². The van der Waals surface area contributed by atoms with Gasteiger partial charge in [0.05, 0.1) is 24.0 Å². The highest BCUT2D eigenvalue weighted by Gasteiger charge is 2.54. The number of rotatable bonds is 7. The molecule has 11 heteroatoms. The minimum absolute atomic E-state index is 0.00487. The van der Waals surface area contributed by atoms with Gasteiger partial charge in [-0.25, -0.2) is 8.42 Å². The SMILES string of the molecule is Cc1ccc(S(=O)(=O)[C@@]2(CC(=O)N[C@@H]3CCOc4cc(CN5CCN(C)CC5)ccc43)NCCNC2=O)cc1. The number of carbonyl (C=O) groups is 2. The summed E-state index contributed by atoms with van der Waals surface area (Å²) in [6, 6.07) is 12.0. The van der Waals surface area contributed by atoms with Crippen LogP contribution in [0.25, 0.3) is 0 Å². The molecule has 39 heavy (non-hydrogen) atoms. The standard InChI is InChI=1S/C28H37N5O5S/c1-20-3-6-22(7-4-20)39(36,37)28(27(35)29-10-11-30-28)18-26(34)31-24-9-16-38-25-17-21(5-8-23(24)25)19-33-14-12-32(2)13-15-33/h3-8,17,24,30H,9-16,18-19H2,1-2H3,(H,29,35)(H,31,34)/t24-,28-/m1/s1. The van der Waals surface area contributed by atoms with E-state index in [9.17, 15) is 18.0 Å². The van der Waals surface area contributed by atoms with Gasteiger partial charge in [0.1, 0.15) is 5.75 Å². The molecule has 2 atom stereocenters. The summed E-state index contributed by atoms with van der Waals surface area (Å²) in [6.45, 7) is 7.77. The van der Waals surface area contributed by atoms with Crippen LogP contribution < -0.4 is 20.7 Å². The molecule has 0 aromatic heterocycles. The van der Waals surface area contributed by atoms with Crippen LogP contribution >= 0.6 is 0 Å². The normalized spacial score (nSPS) is 24.4. The number of hydrogen-bond acceptors (Lipinski definition) is 8. The number of ether oxygens (including phenoxy) is 1. The number of piperazine rings is 2. The largest absolute Gasteiger partial charge is 0.493 e. The van der Waals surface area contributed by atoms with E-state index in [4.69, 9.17) is 4.74 Å². The van der Waals surface area contributed by atoms with Crippen LogP contribution in [0, 0.1) is 6.92 Å². The molecule has 3 heterocycles. The molecule has 0 aliphatic carbocycles. The van der Waals surface area contributed by atoms with Gasteiger partial charge >= 0.3 is 0 Å². The van der Waals surface area contributed by atoms with E-state index in [0.29, 0.717) is 13.0 Å². The fourth-order valence-electron chi connectivity index (χ4n) is 5.45. The van der Waals surface area contributed by atoms with E-state index in [1.54, 1.807) is 12.1 Å². The Morgan fingerprint density at radius 1 is 1.10 bits per heavy atom. The van der Waals surface area contributed by atoms with Crippen LogP contribution in [0.1, 0.15) is 35.6 Å². The van der Waals surface area contributed by atoms with Gasteiger partial charge in [0.25, 0.3) is 5.91 Å². The summed E-state index contributed by atoms with van der Waals surface area (Å²) in [7, 11) is -2.09. The summed E-state index contributed by atoms with van der Waals surface area (Å²) in [5.74, 6) is -0.506. The monoisotopic (exact) mass is 555 g/mol. The van der Waals surface area contributed by atoms with Gasteiger partial charge in [-0.2, -0.15) is 0 Å². The van der Waals surface area contributed by atoms with Crippen molar-refractivity contribution in [1.29, 1.82) is 0 Å². The summed E-state index contributed by atoms with van der Waals surface area (Å²) in [5, 5.41) is 8.51. The van der Waals surface area contributed by atoms with Crippen molar-refractivity contribution < 1.29 is 22.7 Å². The summed E-state index contributed by atoms with van der Waals surface area (Å²) in [4.78, 5) is 29.1. The van der Waals surface area contributed by atoms with Gasteiger partial charge in [-0.1, -0.05) is 29.8 Å². The molecule has 2 amide bonds. The average molecular weight is 556 g/mol. The number of sulfone groups is 1. The Morgan fingerprint density at radius 3 is 2.56 bits per heavy atom. The minimum atomic E-state index is -4.23. The molecule has 2 aromatic rings. The van der Waals surface area contributed by atoms with Crippen molar-refractivity contribution in [2.45, 2.75) is 42.1 Å². The third-order valence-electron chi connectivity index (χ3n) is 7.84. The van der Waals surface area contributed by atoms with Crippen LogP contribution in [-0.4, -0.2) is 87.8 Å². The first-order valence-corrected chi connectivity index (χ1v) is 15.0. The van der Waals surface area contributed by atoms with Crippen LogP contribution in [0.2, 0.25) is 0 Å². The molecule has 10 nitrogen and oxygen atoms in total. The third kappa shape index (κ3) is 5.67. The lowest BCUT2D eigenvalue weighted by Crippen LogP contribution is -2.68. The van der Waals surface area contributed by atoms with Gasteiger partial charge in [0.2, 0.25) is 20.6 Å². The lowest BCUT2D eigenvalue weighted by molar-refractivity contribution is -0.131. The van der Waals surface area contributed by atoms with Gasteiger partial charge in [-0.15, -0.1) is 0 Å². The van der Waals surface area contributed by atoms with Crippen molar-refractivity contribution in [2.75, 3.05) is 52.9 Å². The second-order valence-corrected chi connectivity index (χ2v) is 12.9. The van der Waals surface area contributed by atoms with Crippen LogP contribution in [0.5, 0.6) is 5.75 Å². The summed E-state index contributed by atoms with van der Waals surface area (Å²) >= 11 is 0. The van der Waals surface area contributed by atoms with E-state index in [1.165, 1.54) is 12.1 Å². The van der Waals surface area contributed by atoms with Crippen molar-refractivity contribution in [3.63, 3.8) is 0 Å². The molecule has 0 bridgehead atoms. The predicted molar refractivity (Wildman–Crippen MR) is 147 cm³/mol. The number of carbonyl (C=O) groups excluding carboxylic acids is 2. The molecule has 210 valence electrons. The van der Waals surface area contributed by atoms with Crippen molar-refractivity contribution in [3.8, 4) is 5.75 Å². The molecule has 0 unspecified atom stereocenters. The number of aryl methyl sites for hydroxylation is 1. The van der Waals surface area contributed by atoms with Crippen molar-refractivity contribution in [3.05, 3.63) is 59.2 Å². The Hall–Kier alpha value is -2.99. The average Bonchev–Trinajstić information content (AvgIpc) is 2.91. The second-order valence-electron chi connectivity index (χ2n) is 10.7. The first-order chi connectivity index (χ1) is 18.7. The number of benzene rings is 2. The first-order valence-electron chi connectivity index (χ1n) is 13.5. The first kappa shape index (κ1) is 27.6. The molecule has 3 aliphatic rings. The van der Waals surface area contributed by atoms with Crippen molar-refractivity contribution >= 4 is 21.7 Å². The Balaban J connectivity index is 1.32. The second kappa shape index (κ2) is 11.2. The maximum Gasteiger partial charge on any atom is 0.257 e. The van der Waals surface area contributed by atoms with Gasteiger partial charge in [-0.05, 0) is 37.7 Å². The summed E-state index contributed by atoms with van der Waals surface area (Å²) in [5.41, 5.74) is 2.90. The molecule has 0 spiro atoms. The van der Waals surface area contributed by atoms with Crippen LogP contribution in [0.15, 0.2) is 47.4 Å². The summed E-state index contributed by atoms with van der Waals surface area (Å²) in [6.07, 6.45) is 0.0110. The van der Waals surface area contributed by atoms with Crippen molar-refractivity contribution in [1.82, 2.24) is 25.8 Å². The third-order valence-corrected chi connectivity index (χ3v) is 10.1. The topological polar surface area (TPSA) is 120 Å². The molecule has 2 fully saturated rings. The fraction of sp³-hybridized carbons (Fsp3) is 0.500. The minimum Gasteiger partial charge on any atom is -0.493 e. The van der Waals surface area contributed by atoms with Crippen molar-refractivity contribution in [2.24, 2.45) is 0 Å². The molecular formula is C28H37N5O5S. The number of nitrogens with zero attached hydrogens (tertiary/aromatic N) is 2. The smallest absolute Gasteiger partial charge is 0.257 e. The van der Waals surface area contributed by atoms with Crippen LogP contribution in [0.4, 0.5) is 0 Å². The van der Waals surface area contributed by atoms with E-state index < -0.39 is 32.9 Å². The van der Waals surface area contributed by atoms with Gasteiger partial charge in [-0.3, -0.25) is 19.8 Å². The highest BCUT2D eigenvalue weighted by molar-refractivity contribution is 7.93. The van der Waals surface area contributed by atoms with Gasteiger partial charge in [0, 0.05) is 57.8 Å². The Morgan fingerprint density at radius 2 is 1.85 bits per heavy atom. The zero-order valence-corrected chi connectivity index (χ0v) is 23.4. The number of likely N-dealkylation sites (N-methyl/N-ethyl adjacent to an activating group) is 1. The quantitative estimate of drug-likeness (QED) is 0.462. The molecule has 2 aromatic carbocycles. The van der Waals surface area contributed by atoms with E-state index in [1.807, 2.05) is 19.1 Å². The maximum absolute atomic E-state index is 13.7. The van der Waals surface area contributed by atoms with E-state index in [-0.39, 0.29) is 24.0 Å². The Labute approximate surface area is 230 Å². The van der Waals surface area contributed by atoms with Crippen LogP contribution in [-0.2, 0) is 26.0 Å². The number of hydrogen-bond donors (Lipinski definition) is 3. The molecule has 5 rings (SSSR count). The molecular weight excluding hydrogens is 518 g/mol. The molecule has 3 aliphatic heterocycles. The number of nitrogens with one attached hydrogen (secondary N) is 3. The van der Waals surface area contributed by atoms with Crippen LogP contribution in [0.3, 0.4) is 0 Å². The highest BCUT2D eigenvalue weighted by Crippen LogP contribution is 2.34. The highest BCUT2D eigenvalue weighted by atomic mass is 32.2. The lowest BCUT2D eigenvalue weighted by atomic mass is 9.98. The predicted octanol–water partition coefficient (Wildman–Crippen LogP) is 0.962. The number of amides is 2. The molecule has 0 radical (unpaired) electrons. The Kier molecular flexibility index (Phi) is 7.95. The summed E-state index contributed by atoms with van der Waals surface area (Å²) < 4.78 is 33.4. The number of fused-ring (bicyclic) bond motifs is 1. The Bertz CT molecular complexity index is 1320.